The molecule has 31 aromatic rings. The zero-order valence-electron chi connectivity index (χ0n) is 110. The minimum atomic E-state index is -0.427. The molecule has 4 nitrogen and oxygen atoms in total. The summed E-state index contributed by atoms with van der Waals surface area (Å²) in [7, 11) is 0. The Kier molecular flexibility index (Phi) is 14.6. The first-order chi connectivity index (χ1) is 86.7. The lowest BCUT2D eigenvalue weighted by atomic mass is 9.84. The molecule has 0 saturated carbocycles. The van der Waals surface area contributed by atoms with Gasteiger partial charge in [-0.3, -0.25) is 0 Å². The molecule has 4 heterocycles. The third-order valence-electron chi connectivity index (χ3n) is 27.9. The van der Waals surface area contributed by atoms with Gasteiger partial charge in [-0.05, 0) is 275 Å². The topological polar surface area (TPSA) is 52.6 Å². The molecular formula is C144H90O4. The first kappa shape index (κ1) is 59.4. The maximum atomic E-state index is 9.20. The van der Waals surface area contributed by atoms with E-state index in [1.807, 2.05) is 267 Å². The Morgan fingerprint density at radius 2 is 0.331 bits per heavy atom. The summed E-state index contributed by atoms with van der Waals surface area (Å²) in [6.07, 6.45) is 0. The van der Waals surface area contributed by atoms with Gasteiger partial charge < -0.3 is 17.7 Å². The zero-order chi connectivity index (χ0) is 125. The SMILES string of the molecule is [2H]c1c([2H])c([2H])c2c(-c3ccc(-c4ccc5oc6ccccc6c5c4)cc3)c3c([2H])c([2H])c([2H])c([2H])c3c(-c3ccccc3)c2c1[2H].[2H]c1c([2H])c([2H])c2c(-c3ccc4oc5ccccc5c4c3)c3c([2H])c([2H])c([2H])c([2H])c3c(-c3ccc(-c4ccccc4)cc3)c2c1[2H].[2H]c1c([2H])c([2H])c2c(-c3cccc4ccccc34)c3c([2H])c([2H])c([2H])c([2H])c3c(-c3ccc4oc5ccccc5c4c3)c2c1[2H].[2H]c1c([2H])c([2H])c2c(-c3cccc4oc5ccccc5c34)c3c([2H])c([2H])c([2H])c([2H])c3c(-c3ccccc3)c2c1[2H]. The molecule has 31 rings (SSSR count). The van der Waals surface area contributed by atoms with Crippen molar-refractivity contribution in [3.05, 3.63) is 545 Å². The van der Waals surface area contributed by atoms with E-state index in [1.165, 1.54) is 0 Å². The Hall–Kier alpha value is -19.5. The lowest BCUT2D eigenvalue weighted by Crippen LogP contribution is -1.91. The molecule has 27 aromatic carbocycles. The highest BCUT2D eigenvalue weighted by Crippen LogP contribution is 2.53. The number of rotatable bonds is 10. The largest absolute Gasteiger partial charge is 0.456 e. The van der Waals surface area contributed by atoms with E-state index in [0.29, 0.717) is 128 Å². The van der Waals surface area contributed by atoms with Gasteiger partial charge in [-0.25, -0.2) is 0 Å². The third kappa shape index (κ3) is 14.8. The Morgan fingerprint density at radius 3 is 0.696 bits per heavy atom. The maximum Gasteiger partial charge on any atom is 0.136 e. The van der Waals surface area contributed by atoms with Crippen LogP contribution in [0.5, 0.6) is 0 Å². The van der Waals surface area contributed by atoms with Gasteiger partial charge in [0.1, 0.15) is 44.7 Å². The van der Waals surface area contributed by atoms with Crippen molar-refractivity contribution in [1.82, 2.24) is 0 Å². The highest BCUT2D eigenvalue weighted by molar-refractivity contribution is 6.29. The third-order valence-corrected chi connectivity index (χ3v) is 27.9. The fourth-order valence-electron chi connectivity index (χ4n) is 21.4. The summed E-state index contributed by atoms with van der Waals surface area (Å²) in [5, 5.41) is 11.5. The first-order valence-corrected chi connectivity index (χ1v) is 48.1. The molecule has 0 radical (unpaired) electrons. The van der Waals surface area contributed by atoms with Crippen LogP contribution in [0.25, 0.3) is 296 Å². The molecule has 0 fully saturated rings. The highest BCUT2D eigenvalue weighted by atomic mass is 16.3. The smallest absolute Gasteiger partial charge is 0.136 e. The van der Waals surface area contributed by atoms with Crippen LogP contribution in [0.15, 0.2) is 563 Å². The van der Waals surface area contributed by atoms with E-state index in [2.05, 4.69) is 6.07 Å². The van der Waals surface area contributed by atoms with Crippen molar-refractivity contribution < 1.29 is 61.5 Å². The summed E-state index contributed by atoms with van der Waals surface area (Å²) in [6, 6.07) is 97.5. The van der Waals surface area contributed by atoms with Crippen LogP contribution in [-0.2, 0) is 0 Å². The molecule has 4 heteroatoms. The van der Waals surface area contributed by atoms with Crippen LogP contribution in [0.1, 0.15) is 43.9 Å². The van der Waals surface area contributed by atoms with Crippen molar-refractivity contribution in [2.45, 2.75) is 0 Å². The Bertz CT molecular complexity index is 12500. The molecular weight excluding hydrogens is 1790 g/mol. The van der Waals surface area contributed by atoms with Crippen molar-refractivity contribution in [3.8, 4) is 111 Å². The van der Waals surface area contributed by atoms with E-state index in [1.54, 1.807) is 78.9 Å². The van der Waals surface area contributed by atoms with E-state index in [0.717, 1.165) is 81.9 Å². The molecule has 690 valence electrons. The Morgan fingerprint density at radius 1 is 0.122 bits per heavy atom. The van der Waals surface area contributed by atoms with Gasteiger partial charge in [0.25, 0.3) is 0 Å². The first-order valence-electron chi connectivity index (χ1n) is 64.1. The molecule has 0 unspecified atom stereocenters. The number of hydrogen-bond acceptors (Lipinski definition) is 4. The predicted octanol–water partition coefficient (Wildman–Crippen LogP) is 41.4. The summed E-state index contributed by atoms with van der Waals surface area (Å²) >= 11 is 0. The molecule has 0 N–H and O–H groups in total. The second-order valence-corrected chi connectivity index (χ2v) is 36.0. The van der Waals surface area contributed by atoms with E-state index in [-0.39, 0.29) is 183 Å². The van der Waals surface area contributed by atoms with Crippen molar-refractivity contribution in [2.75, 3.05) is 0 Å². The van der Waals surface area contributed by atoms with Gasteiger partial charge in [-0.1, -0.05) is 478 Å². The summed E-state index contributed by atoms with van der Waals surface area (Å²) in [5.74, 6) is 0. The molecule has 0 aliphatic carbocycles. The fourth-order valence-corrected chi connectivity index (χ4v) is 21.4. The van der Waals surface area contributed by atoms with Gasteiger partial charge in [-0.15, -0.1) is 0 Å². The van der Waals surface area contributed by atoms with Gasteiger partial charge >= 0.3 is 0 Å². The molecule has 0 aliphatic heterocycles. The molecule has 0 saturated heterocycles. The van der Waals surface area contributed by atoms with Crippen LogP contribution in [0.3, 0.4) is 0 Å². The van der Waals surface area contributed by atoms with Crippen molar-refractivity contribution in [1.29, 1.82) is 0 Å². The fraction of sp³-hybridized carbons (Fsp3) is 0. The lowest BCUT2D eigenvalue weighted by Gasteiger charge is -2.18. The minimum Gasteiger partial charge on any atom is -0.456 e. The van der Waals surface area contributed by atoms with Crippen LogP contribution in [0.2, 0.25) is 0 Å². The molecule has 0 bridgehead atoms. The van der Waals surface area contributed by atoms with Gasteiger partial charge in [0.15, 0.2) is 0 Å². The standard InChI is InChI=1S/2C38H24O.C36H22O.C32H20O/c1-2-10-26(11-3-1)37-30-13-4-6-15-32(30)38(33-16-7-5-14-31(33)37)27-20-18-25(19-21-27)28-22-23-36-34(24-28)29-12-8-9-17-35(29)39-36;1-2-10-25(11-3-1)26-18-20-27(21-19-26)37-30-13-4-6-15-32(30)38(33-16-7-5-14-31(33)37)28-22-23-36-34(24-28)29-12-8-9-17-35(29)39-36;1-2-12-25-23(10-1)11-9-18-27(25)36-30-16-5-3-14-28(30)35(29-15-4-6-17-31(29)36)24-20-21-34-32(22-24)26-13-7-8-19-33(26)37-34;1-2-11-21(12-3-1)30-22-13-4-6-15-24(22)31(25-16-7-5-14-23(25)30)27-18-10-20-29-32(27)26-17-8-9-19-28(26)33-29/h2*1-24H;1-22H;1-20H/i2*4D,5D,6D,7D,13D,14D,15D,16D;3D,4D,5D,6D,14D,15D,16D,17D;4D,5D,6D,7D,13D,14D,15D,16D. The highest BCUT2D eigenvalue weighted by Gasteiger charge is 2.26. The maximum absolute atomic E-state index is 9.20. The van der Waals surface area contributed by atoms with Gasteiger partial charge in [0.05, 0.1) is 43.9 Å². The van der Waals surface area contributed by atoms with E-state index in [9.17, 15) is 8.22 Å². The summed E-state index contributed by atoms with van der Waals surface area (Å²) in [6.45, 7) is 0. The number of furan rings is 4. The van der Waals surface area contributed by atoms with Crippen LogP contribution < -0.4 is 0 Å². The Balaban J connectivity index is 0.000000110. The number of hydrogen-bond donors (Lipinski definition) is 0. The van der Waals surface area contributed by atoms with Crippen molar-refractivity contribution in [3.63, 3.8) is 0 Å². The summed E-state index contributed by atoms with van der Waals surface area (Å²) < 4.78 is 308. The number of fused-ring (bicyclic) bond motifs is 21. The molecule has 0 aliphatic rings. The predicted molar refractivity (Wildman–Crippen MR) is 627 cm³/mol. The van der Waals surface area contributed by atoms with Gasteiger partial charge in [-0.2, -0.15) is 0 Å². The number of benzene rings is 27. The van der Waals surface area contributed by atoms with Crippen LogP contribution >= 0.6 is 0 Å². The van der Waals surface area contributed by atoms with Gasteiger partial charge in [0, 0.05) is 43.1 Å². The molecule has 0 spiro atoms. The normalized spacial score (nSPS) is 14.7. The molecule has 0 atom stereocenters. The van der Waals surface area contributed by atoms with Crippen LogP contribution in [0.4, 0.5) is 0 Å². The molecule has 0 amide bonds. The summed E-state index contributed by atoms with van der Waals surface area (Å²) in [4.78, 5) is 0. The monoisotopic (exact) mass is 1910 g/mol. The Labute approximate surface area is 898 Å². The summed E-state index contributed by atoms with van der Waals surface area (Å²) in [5.41, 5.74) is 16.4. The average Bonchev–Trinajstić information content (AvgIpc) is 1.04. The van der Waals surface area contributed by atoms with E-state index >= 15 is 0 Å². The molecule has 148 heavy (non-hydrogen) atoms. The van der Waals surface area contributed by atoms with Crippen molar-refractivity contribution in [2.24, 2.45) is 0 Å². The van der Waals surface area contributed by atoms with Crippen molar-refractivity contribution >= 4 is 185 Å². The van der Waals surface area contributed by atoms with Gasteiger partial charge in [0.2, 0.25) is 0 Å². The lowest BCUT2D eigenvalue weighted by molar-refractivity contribution is 0.668. The zero-order valence-corrected chi connectivity index (χ0v) is 78.1. The second-order valence-electron chi connectivity index (χ2n) is 36.0. The number of para-hydroxylation sites is 4. The van der Waals surface area contributed by atoms with E-state index in [4.69, 9.17) is 53.3 Å². The van der Waals surface area contributed by atoms with E-state index < -0.39 is 96.7 Å². The second kappa shape index (κ2) is 36.5. The van der Waals surface area contributed by atoms with Crippen LogP contribution in [0, 0.1) is 0 Å². The minimum absolute atomic E-state index is 0.183. The quantitative estimate of drug-likeness (QED) is 0.128. The average molecular weight is 1920 g/mol. The molecule has 4 aromatic heterocycles. The van der Waals surface area contributed by atoms with Crippen LogP contribution in [-0.4, -0.2) is 0 Å².